The molecule has 0 spiro atoms. The Kier molecular flexibility index (Phi) is 7.17. The molecule has 2 aromatic carbocycles. The molecule has 0 aliphatic heterocycles. The van der Waals surface area contributed by atoms with E-state index in [1.54, 1.807) is 24.3 Å². The SMILES string of the molecule is C=C1C=CC=C(C)C1O[P+](=O)Oc1cccc(O[P+](=O)Oc2c(C)cccc2C)c1. The van der Waals surface area contributed by atoms with E-state index in [0.717, 1.165) is 16.7 Å². The fourth-order valence-electron chi connectivity index (χ4n) is 2.85. The van der Waals surface area contributed by atoms with Gasteiger partial charge in [-0.3, -0.25) is 0 Å². The van der Waals surface area contributed by atoms with Gasteiger partial charge < -0.3 is 0 Å². The molecule has 2 aromatic rings. The molecular formula is C22H22O6P2+2. The summed E-state index contributed by atoms with van der Waals surface area (Å²) in [7, 11) is -4.92. The lowest BCUT2D eigenvalue weighted by Gasteiger charge is -2.14. The van der Waals surface area contributed by atoms with Crippen molar-refractivity contribution in [3.8, 4) is 17.2 Å². The van der Waals surface area contributed by atoms with Crippen molar-refractivity contribution >= 4 is 16.5 Å². The van der Waals surface area contributed by atoms with Crippen LogP contribution in [0.25, 0.3) is 0 Å². The third-order valence-electron chi connectivity index (χ3n) is 4.35. The minimum Gasteiger partial charge on any atom is -0.229 e. The molecule has 154 valence electrons. The Morgan fingerprint density at radius 3 is 2.10 bits per heavy atom. The summed E-state index contributed by atoms with van der Waals surface area (Å²) in [6, 6.07) is 11.9. The van der Waals surface area contributed by atoms with E-state index in [9.17, 15) is 9.13 Å². The Morgan fingerprint density at radius 2 is 1.47 bits per heavy atom. The lowest BCUT2D eigenvalue weighted by Crippen LogP contribution is -2.15. The first-order chi connectivity index (χ1) is 14.3. The Hall–Kier alpha value is -2.78. The van der Waals surface area contributed by atoms with Crippen molar-refractivity contribution < 1.29 is 27.2 Å². The molecule has 0 radical (unpaired) electrons. The molecule has 8 heteroatoms. The molecular weight excluding hydrogens is 422 g/mol. The van der Waals surface area contributed by atoms with Crippen LogP contribution in [0.2, 0.25) is 0 Å². The van der Waals surface area contributed by atoms with Gasteiger partial charge in [0.15, 0.2) is 23.4 Å². The summed E-state index contributed by atoms with van der Waals surface area (Å²) in [4.78, 5) is 0. The maximum atomic E-state index is 12.3. The molecule has 0 amide bonds. The van der Waals surface area contributed by atoms with Crippen LogP contribution in [0.15, 0.2) is 78.4 Å². The molecule has 3 rings (SSSR count). The van der Waals surface area contributed by atoms with Gasteiger partial charge in [-0.25, -0.2) is 13.6 Å². The summed E-state index contributed by atoms with van der Waals surface area (Å²) < 4.78 is 46.3. The highest BCUT2D eigenvalue weighted by atomic mass is 31.1. The molecule has 3 atom stereocenters. The molecule has 6 nitrogen and oxygen atoms in total. The molecule has 0 fully saturated rings. The van der Waals surface area contributed by atoms with E-state index in [1.807, 2.05) is 51.1 Å². The highest BCUT2D eigenvalue weighted by Gasteiger charge is 2.32. The van der Waals surface area contributed by atoms with Crippen LogP contribution >= 0.6 is 16.5 Å². The standard InChI is InChI=1S/C22H22O6P2/c1-15-8-5-9-16(2)21(15)27-29(23)25-19-12-7-13-20(14-19)26-30(24)28-22-17(3)10-6-11-18(22)4/h5-14,21H,1H2,2-4H3/q+2. The summed E-state index contributed by atoms with van der Waals surface area (Å²) in [5.41, 5.74) is 3.29. The quantitative estimate of drug-likeness (QED) is 0.412. The molecule has 30 heavy (non-hydrogen) atoms. The summed E-state index contributed by atoms with van der Waals surface area (Å²) in [6.45, 7) is 9.49. The van der Waals surface area contributed by atoms with Crippen molar-refractivity contribution in [2.45, 2.75) is 26.9 Å². The molecule has 1 aliphatic carbocycles. The maximum Gasteiger partial charge on any atom is 0.805 e. The lowest BCUT2D eigenvalue weighted by atomic mass is 9.99. The first kappa shape index (κ1) is 21.9. The van der Waals surface area contributed by atoms with Gasteiger partial charge in [-0.15, -0.1) is 0 Å². The molecule has 0 saturated carbocycles. The summed E-state index contributed by atoms with van der Waals surface area (Å²) in [5.74, 6) is 1.03. The highest BCUT2D eigenvalue weighted by molar-refractivity contribution is 7.34. The minimum absolute atomic E-state index is 0.252. The molecule has 0 N–H and O–H groups in total. The number of hydrogen-bond donors (Lipinski definition) is 0. The second-order valence-corrected chi connectivity index (χ2v) is 8.40. The predicted molar refractivity (Wildman–Crippen MR) is 116 cm³/mol. The number of para-hydroxylation sites is 1. The number of benzene rings is 2. The van der Waals surface area contributed by atoms with Gasteiger partial charge >= 0.3 is 16.5 Å². The van der Waals surface area contributed by atoms with Gasteiger partial charge in [-0.05, 0) is 55.2 Å². The van der Waals surface area contributed by atoms with Crippen molar-refractivity contribution in [1.82, 2.24) is 0 Å². The highest BCUT2D eigenvalue weighted by Crippen LogP contribution is 2.38. The van der Waals surface area contributed by atoms with E-state index < -0.39 is 22.6 Å². The Bertz CT molecular complexity index is 1040. The summed E-state index contributed by atoms with van der Waals surface area (Å²) in [5, 5.41) is 0. The monoisotopic (exact) mass is 444 g/mol. The topological polar surface area (TPSA) is 71.1 Å². The average molecular weight is 444 g/mol. The van der Waals surface area contributed by atoms with Crippen molar-refractivity contribution in [1.29, 1.82) is 0 Å². The summed E-state index contributed by atoms with van der Waals surface area (Å²) in [6.07, 6.45) is 5.01. The maximum absolute atomic E-state index is 12.3. The van der Waals surface area contributed by atoms with Crippen LogP contribution in [0.5, 0.6) is 17.2 Å². The van der Waals surface area contributed by atoms with E-state index in [2.05, 4.69) is 6.58 Å². The van der Waals surface area contributed by atoms with Crippen LogP contribution in [0.4, 0.5) is 0 Å². The van der Waals surface area contributed by atoms with E-state index >= 15 is 0 Å². The first-order valence-corrected chi connectivity index (χ1v) is 11.4. The van der Waals surface area contributed by atoms with Gasteiger partial charge in [-0.2, -0.15) is 0 Å². The van der Waals surface area contributed by atoms with Crippen LogP contribution in [0, 0.1) is 13.8 Å². The van der Waals surface area contributed by atoms with Gasteiger partial charge in [0, 0.05) is 15.2 Å². The largest absolute Gasteiger partial charge is 0.805 e. The third-order valence-corrected chi connectivity index (χ3v) is 5.79. The molecule has 0 bridgehead atoms. The van der Waals surface area contributed by atoms with Crippen LogP contribution in [0.1, 0.15) is 18.1 Å². The Labute approximate surface area is 177 Å². The second-order valence-electron chi connectivity index (χ2n) is 6.75. The smallest absolute Gasteiger partial charge is 0.229 e. The van der Waals surface area contributed by atoms with Crippen molar-refractivity contribution in [2.75, 3.05) is 0 Å². The average Bonchev–Trinajstić information content (AvgIpc) is 2.68. The van der Waals surface area contributed by atoms with E-state index in [1.165, 1.54) is 6.07 Å². The normalized spacial score (nSPS) is 16.6. The Balaban J connectivity index is 1.61. The zero-order chi connectivity index (χ0) is 21.7. The first-order valence-electron chi connectivity index (χ1n) is 9.18. The predicted octanol–water partition coefficient (Wildman–Crippen LogP) is 6.91. The number of aryl methyl sites for hydroxylation is 2. The third kappa shape index (κ3) is 5.64. The molecule has 3 unspecified atom stereocenters. The molecule has 1 aliphatic rings. The van der Waals surface area contributed by atoms with Gasteiger partial charge in [0.05, 0.1) is 0 Å². The number of hydrogen-bond acceptors (Lipinski definition) is 6. The molecule has 0 saturated heterocycles. The fraction of sp³-hybridized carbons (Fsp3) is 0.182. The van der Waals surface area contributed by atoms with Gasteiger partial charge in [0.2, 0.25) is 0 Å². The van der Waals surface area contributed by atoms with Gasteiger partial charge in [-0.1, -0.05) is 53.6 Å². The number of rotatable bonds is 8. The fourth-order valence-corrected chi connectivity index (χ4v) is 4.41. The zero-order valence-electron chi connectivity index (χ0n) is 16.9. The van der Waals surface area contributed by atoms with Gasteiger partial charge in [0.1, 0.15) is 0 Å². The molecule has 0 heterocycles. The lowest BCUT2D eigenvalue weighted by molar-refractivity contribution is 0.253. The van der Waals surface area contributed by atoms with Crippen molar-refractivity contribution in [3.05, 3.63) is 89.5 Å². The van der Waals surface area contributed by atoms with E-state index in [0.29, 0.717) is 11.3 Å². The van der Waals surface area contributed by atoms with E-state index in [-0.39, 0.29) is 11.5 Å². The Morgan fingerprint density at radius 1 is 0.867 bits per heavy atom. The zero-order valence-corrected chi connectivity index (χ0v) is 18.7. The van der Waals surface area contributed by atoms with Crippen LogP contribution in [-0.4, -0.2) is 6.10 Å². The van der Waals surface area contributed by atoms with E-state index in [4.69, 9.17) is 18.1 Å². The molecule has 0 aromatic heterocycles. The van der Waals surface area contributed by atoms with Crippen molar-refractivity contribution in [3.63, 3.8) is 0 Å². The minimum atomic E-state index is -2.46. The van der Waals surface area contributed by atoms with Gasteiger partial charge in [0.25, 0.3) is 0 Å². The van der Waals surface area contributed by atoms with Crippen molar-refractivity contribution in [2.24, 2.45) is 0 Å². The van der Waals surface area contributed by atoms with Crippen LogP contribution < -0.4 is 13.6 Å². The van der Waals surface area contributed by atoms with Crippen LogP contribution in [0.3, 0.4) is 0 Å². The van der Waals surface area contributed by atoms with Crippen LogP contribution in [-0.2, 0) is 13.7 Å². The second kappa shape index (κ2) is 9.82. The number of allylic oxidation sites excluding steroid dienone is 2. The summed E-state index contributed by atoms with van der Waals surface area (Å²) >= 11 is 0.